The highest BCUT2D eigenvalue weighted by atomic mass is 16.8. The molecule has 0 unspecified atom stereocenters. The van der Waals surface area contributed by atoms with Crippen molar-refractivity contribution in [1.82, 2.24) is 0 Å². The Morgan fingerprint density at radius 3 is 2.15 bits per heavy atom. The molecule has 0 radical (unpaired) electrons. The summed E-state index contributed by atoms with van der Waals surface area (Å²) in [4.78, 5) is 37.1. The average molecular weight is 739 g/mol. The van der Waals surface area contributed by atoms with Gasteiger partial charge in [0.2, 0.25) is 12.6 Å². The maximum Gasteiger partial charge on any atom is 0.331 e. The van der Waals surface area contributed by atoms with Crippen LogP contribution < -0.4 is 0 Å². The molecule has 5 aliphatic rings. The van der Waals surface area contributed by atoms with Gasteiger partial charge in [0.15, 0.2) is 24.6 Å². The van der Waals surface area contributed by atoms with Crippen molar-refractivity contribution in [2.45, 2.75) is 106 Å². The molecule has 6 N–H and O–H groups in total. The first-order valence-electron chi connectivity index (χ1n) is 16.7. The van der Waals surface area contributed by atoms with Crippen LogP contribution >= 0.6 is 0 Å². The van der Waals surface area contributed by atoms with Gasteiger partial charge in [0.25, 0.3) is 0 Å². The van der Waals surface area contributed by atoms with Crippen LogP contribution in [0.2, 0.25) is 0 Å². The molecule has 6 rings (SSSR count). The first kappa shape index (κ1) is 38.0. The van der Waals surface area contributed by atoms with E-state index in [2.05, 4.69) is 0 Å². The molecule has 0 aromatic heterocycles. The molecule has 4 fully saturated rings. The zero-order valence-electron chi connectivity index (χ0n) is 28.3. The lowest BCUT2D eigenvalue weighted by atomic mass is 9.85. The minimum atomic E-state index is -1.70. The van der Waals surface area contributed by atoms with Gasteiger partial charge >= 0.3 is 17.9 Å². The highest BCUT2D eigenvalue weighted by Gasteiger charge is 2.77. The lowest BCUT2D eigenvalue weighted by Crippen LogP contribution is -2.62. The number of esters is 3. The van der Waals surface area contributed by atoms with E-state index in [0.29, 0.717) is 5.56 Å². The van der Waals surface area contributed by atoms with E-state index in [4.69, 9.17) is 42.6 Å². The Hall–Kier alpha value is -3.69. The number of hydrogen-bond acceptors (Lipinski definition) is 18. The van der Waals surface area contributed by atoms with E-state index in [9.17, 15) is 45.0 Å². The Kier molecular flexibility index (Phi) is 11.2. The van der Waals surface area contributed by atoms with E-state index in [0.717, 1.165) is 19.9 Å². The molecule has 0 bridgehead atoms. The SMILES string of the molecule is CC(=O)O[C@@H]1[C@@H](O)[C@H](C)O[C@@H](O[C@H]2[C@@H]3C=CO[C@@H](O[C@@H]4O[C@H](CO)[C@@H](O)[C@H](O)[C@H]4OC(C)=O)[C@@H]3[C@@]3(CO)O[C@@H]23)[C@@H]1OC(=O)/C=C/c1ccc(O)cc1. The van der Waals surface area contributed by atoms with Crippen LogP contribution in [0.5, 0.6) is 5.75 Å². The highest BCUT2D eigenvalue weighted by molar-refractivity contribution is 5.87. The van der Waals surface area contributed by atoms with E-state index in [1.807, 2.05) is 0 Å². The van der Waals surface area contributed by atoms with Gasteiger partial charge < -0.3 is 73.3 Å². The van der Waals surface area contributed by atoms with Crippen LogP contribution in [0.4, 0.5) is 0 Å². The standard InChI is InChI=1S/C34H42O18/c1-14-23(41)27(46-15(2)37)29(49-21(40)9-6-17-4-7-18(39)8-5-17)33(45-14)50-26-19-10-11-44-31(22(19)34(13-36)30(26)52-34)51-32-28(47-16(3)38)25(43)24(42)20(12-35)48-32/h4-11,14,19-20,22-33,35-36,39,41-43H,12-13H2,1-3H3/b9-6+/t14-,19+,20+,22+,23-,24+,25-,26-,27+,28+,29+,30-,31-,32-,33-,34+/m0/s1. The van der Waals surface area contributed by atoms with Crippen LogP contribution in [0.25, 0.3) is 6.08 Å². The number of aromatic hydroxyl groups is 1. The molecule has 4 aliphatic heterocycles. The van der Waals surface area contributed by atoms with Gasteiger partial charge in [-0.05, 0) is 36.8 Å². The van der Waals surface area contributed by atoms with Crippen molar-refractivity contribution < 1.29 is 87.7 Å². The number of rotatable bonds is 11. The molecule has 4 heterocycles. The lowest BCUT2D eigenvalue weighted by molar-refractivity contribution is -0.347. The summed E-state index contributed by atoms with van der Waals surface area (Å²) in [5, 5.41) is 61.9. The predicted octanol–water partition coefficient (Wildman–Crippen LogP) is -1.63. The van der Waals surface area contributed by atoms with Crippen molar-refractivity contribution in [1.29, 1.82) is 0 Å². The summed E-state index contributed by atoms with van der Waals surface area (Å²) in [6, 6.07) is 5.99. The maximum atomic E-state index is 13.1. The fourth-order valence-electron chi connectivity index (χ4n) is 7.24. The van der Waals surface area contributed by atoms with E-state index in [1.165, 1.54) is 31.4 Å². The topological polar surface area (TPSA) is 259 Å². The second-order valence-corrected chi connectivity index (χ2v) is 13.2. The number of phenols is 1. The molecule has 52 heavy (non-hydrogen) atoms. The molecule has 1 aromatic carbocycles. The Bertz CT molecular complexity index is 1520. The molecule has 1 aromatic rings. The van der Waals surface area contributed by atoms with Gasteiger partial charge in [-0.15, -0.1) is 0 Å². The van der Waals surface area contributed by atoms with Crippen molar-refractivity contribution in [3.8, 4) is 5.75 Å². The van der Waals surface area contributed by atoms with E-state index >= 15 is 0 Å². The van der Waals surface area contributed by atoms with Crippen molar-refractivity contribution in [3.05, 3.63) is 48.2 Å². The van der Waals surface area contributed by atoms with Crippen molar-refractivity contribution >= 4 is 24.0 Å². The molecule has 0 amide bonds. The molecule has 3 saturated heterocycles. The normalized spacial score (nSPS) is 42.1. The zero-order valence-corrected chi connectivity index (χ0v) is 28.3. The summed E-state index contributed by atoms with van der Waals surface area (Å²) in [5.74, 6) is -3.92. The third-order valence-electron chi connectivity index (χ3n) is 9.78. The van der Waals surface area contributed by atoms with E-state index in [1.54, 1.807) is 18.2 Å². The van der Waals surface area contributed by atoms with Crippen molar-refractivity contribution in [2.75, 3.05) is 13.2 Å². The summed E-state index contributed by atoms with van der Waals surface area (Å²) < 4.78 is 52.3. The fourth-order valence-corrected chi connectivity index (χ4v) is 7.24. The lowest BCUT2D eigenvalue weighted by Gasteiger charge is -2.45. The number of hydrogen-bond donors (Lipinski definition) is 6. The molecule has 18 nitrogen and oxygen atoms in total. The fraction of sp³-hybridized carbons (Fsp3) is 0.618. The molecular weight excluding hydrogens is 696 g/mol. The molecule has 18 heteroatoms. The Morgan fingerprint density at radius 1 is 0.827 bits per heavy atom. The van der Waals surface area contributed by atoms with Crippen LogP contribution in [-0.4, -0.2) is 147 Å². The smallest absolute Gasteiger partial charge is 0.331 e. The summed E-state index contributed by atoms with van der Waals surface area (Å²) in [7, 11) is 0. The number of carbonyl (C=O) groups is 3. The molecule has 1 saturated carbocycles. The van der Waals surface area contributed by atoms with Gasteiger partial charge in [0.1, 0.15) is 41.9 Å². The zero-order chi connectivity index (χ0) is 37.5. The summed E-state index contributed by atoms with van der Waals surface area (Å²) in [6.07, 6.45) is -12.0. The van der Waals surface area contributed by atoms with Crippen LogP contribution in [0.15, 0.2) is 42.7 Å². The summed E-state index contributed by atoms with van der Waals surface area (Å²) in [5.41, 5.74) is -0.742. The quantitative estimate of drug-likeness (QED) is 0.0645. The second kappa shape index (κ2) is 15.3. The number of phenolic OH excluding ortho intramolecular Hbond substituents is 1. The minimum Gasteiger partial charge on any atom is -0.508 e. The van der Waals surface area contributed by atoms with Crippen LogP contribution in [-0.2, 0) is 57.0 Å². The van der Waals surface area contributed by atoms with Crippen LogP contribution in [0.1, 0.15) is 26.3 Å². The largest absolute Gasteiger partial charge is 0.508 e. The number of carbonyl (C=O) groups excluding carboxylic acids is 3. The molecule has 286 valence electrons. The van der Waals surface area contributed by atoms with Gasteiger partial charge in [-0.1, -0.05) is 12.1 Å². The minimum absolute atomic E-state index is 0.0326. The number of aliphatic hydroxyl groups excluding tert-OH is 5. The first-order valence-corrected chi connectivity index (χ1v) is 16.7. The summed E-state index contributed by atoms with van der Waals surface area (Å²) in [6.45, 7) is 2.48. The predicted molar refractivity (Wildman–Crippen MR) is 168 cm³/mol. The summed E-state index contributed by atoms with van der Waals surface area (Å²) >= 11 is 0. The third kappa shape index (κ3) is 7.41. The molecular formula is C34H42O18. The average Bonchev–Trinajstić information content (AvgIpc) is 3.78. The Morgan fingerprint density at radius 2 is 1.50 bits per heavy atom. The monoisotopic (exact) mass is 738 g/mol. The number of benzene rings is 1. The first-order chi connectivity index (χ1) is 24.8. The molecule has 0 spiro atoms. The van der Waals surface area contributed by atoms with Crippen LogP contribution in [0.3, 0.4) is 0 Å². The van der Waals surface area contributed by atoms with Crippen molar-refractivity contribution in [2.24, 2.45) is 11.8 Å². The molecule has 16 atom stereocenters. The number of epoxide rings is 1. The Labute approximate surface area is 297 Å². The number of aliphatic hydroxyl groups is 5. The second-order valence-electron chi connectivity index (χ2n) is 13.2. The van der Waals surface area contributed by atoms with Gasteiger partial charge in [-0.2, -0.15) is 0 Å². The Balaban J connectivity index is 1.24. The van der Waals surface area contributed by atoms with Gasteiger partial charge in [-0.3, -0.25) is 9.59 Å². The molecule has 1 aliphatic carbocycles. The van der Waals surface area contributed by atoms with Gasteiger partial charge in [0, 0.05) is 25.8 Å². The number of fused-ring (bicyclic) bond motifs is 3. The maximum absolute atomic E-state index is 13.1. The van der Waals surface area contributed by atoms with Crippen LogP contribution in [0, 0.1) is 11.8 Å². The van der Waals surface area contributed by atoms with E-state index in [-0.39, 0.29) is 5.75 Å². The van der Waals surface area contributed by atoms with Gasteiger partial charge in [0.05, 0.1) is 37.6 Å². The highest BCUT2D eigenvalue weighted by Crippen LogP contribution is 2.61. The number of ether oxygens (including phenoxy) is 9. The van der Waals surface area contributed by atoms with Crippen molar-refractivity contribution in [3.63, 3.8) is 0 Å². The van der Waals surface area contributed by atoms with Gasteiger partial charge in [-0.25, -0.2) is 4.79 Å². The van der Waals surface area contributed by atoms with E-state index < -0.39 is 128 Å². The third-order valence-corrected chi connectivity index (χ3v) is 9.78.